The van der Waals surface area contributed by atoms with E-state index in [2.05, 4.69) is 22.4 Å². The van der Waals surface area contributed by atoms with Gasteiger partial charge in [-0.05, 0) is 45.1 Å². The molecule has 0 spiro atoms. The van der Waals surface area contributed by atoms with Crippen LogP contribution in [0.3, 0.4) is 0 Å². The lowest BCUT2D eigenvalue weighted by atomic mass is 9.97. The van der Waals surface area contributed by atoms with Crippen LogP contribution in [-0.4, -0.2) is 11.5 Å². The summed E-state index contributed by atoms with van der Waals surface area (Å²) in [4.78, 5) is 4.52. The van der Waals surface area contributed by atoms with E-state index < -0.39 is 0 Å². The zero-order chi connectivity index (χ0) is 12.8. The average molecular weight is 245 g/mol. The molecule has 3 nitrogen and oxygen atoms in total. The van der Waals surface area contributed by atoms with Crippen molar-refractivity contribution in [2.75, 3.05) is 11.9 Å². The Kier molecular flexibility index (Phi) is 4.76. The van der Waals surface area contributed by atoms with E-state index in [1.165, 1.54) is 25.7 Å². The molecule has 0 saturated heterocycles. The third kappa shape index (κ3) is 3.57. The Morgan fingerprint density at radius 2 is 2.22 bits per heavy atom. The van der Waals surface area contributed by atoms with Crippen LogP contribution in [0.15, 0.2) is 23.8 Å². The molecule has 1 aromatic rings. The van der Waals surface area contributed by atoms with Gasteiger partial charge in [-0.3, -0.25) is 0 Å². The number of nitrogens with two attached hydrogens (primary N) is 1. The molecule has 0 atom stereocenters. The quantitative estimate of drug-likeness (QED) is 0.783. The highest BCUT2D eigenvalue weighted by atomic mass is 15.0. The summed E-state index contributed by atoms with van der Waals surface area (Å²) in [6, 6.07) is 4.07. The van der Waals surface area contributed by atoms with Gasteiger partial charge in [-0.1, -0.05) is 17.7 Å². The first-order valence-electron chi connectivity index (χ1n) is 6.88. The number of anilines is 1. The van der Waals surface area contributed by atoms with Crippen LogP contribution < -0.4 is 11.1 Å². The fourth-order valence-corrected chi connectivity index (χ4v) is 2.38. The molecule has 1 aliphatic carbocycles. The predicted molar refractivity (Wildman–Crippen MR) is 76.5 cm³/mol. The van der Waals surface area contributed by atoms with E-state index in [-0.39, 0.29) is 0 Å². The highest BCUT2D eigenvalue weighted by molar-refractivity contribution is 5.45. The molecule has 18 heavy (non-hydrogen) atoms. The Balaban J connectivity index is 1.89. The number of nitrogens with zero attached hydrogens (tertiary/aromatic N) is 1. The summed E-state index contributed by atoms with van der Waals surface area (Å²) in [6.07, 6.45) is 8.76. The summed E-state index contributed by atoms with van der Waals surface area (Å²) in [5.41, 5.74) is 9.45. The molecule has 1 aliphatic rings. The molecule has 1 heterocycles. The van der Waals surface area contributed by atoms with Gasteiger partial charge in [0.15, 0.2) is 0 Å². The molecule has 2 rings (SSSR count). The lowest BCUT2D eigenvalue weighted by Gasteiger charge is -2.14. The number of hydrogen-bond donors (Lipinski definition) is 2. The molecular formula is C15H23N3. The van der Waals surface area contributed by atoms with Gasteiger partial charge in [-0.2, -0.15) is 0 Å². The van der Waals surface area contributed by atoms with Gasteiger partial charge in [-0.25, -0.2) is 4.98 Å². The van der Waals surface area contributed by atoms with E-state index in [9.17, 15) is 0 Å². The molecule has 0 fully saturated rings. The van der Waals surface area contributed by atoms with Crippen LogP contribution in [-0.2, 0) is 6.54 Å². The maximum absolute atomic E-state index is 5.72. The standard InChI is InChI=1S/C15H23N3/c1-12-7-8-14(11-16)15(18-12)17-10-9-13-5-3-2-4-6-13/h5,7-8H,2-4,6,9-11,16H2,1H3,(H,17,18). The maximum Gasteiger partial charge on any atom is 0.130 e. The molecule has 0 radical (unpaired) electrons. The Bertz CT molecular complexity index is 424. The van der Waals surface area contributed by atoms with Gasteiger partial charge in [-0.15, -0.1) is 0 Å². The smallest absolute Gasteiger partial charge is 0.130 e. The van der Waals surface area contributed by atoms with Crippen molar-refractivity contribution < 1.29 is 0 Å². The van der Waals surface area contributed by atoms with Crippen molar-refractivity contribution in [1.82, 2.24) is 4.98 Å². The lowest BCUT2D eigenvalue weighted by Crippen LogP contribution is -2.10. The van der Waals surface area contributed by atoms with Crippen molar-refractivity contribution >= 4 is 5.82 Å². The minimum Gasteiger partial charge on any atom is -0.369 e. The van der Waals surface area contributed by atoms with Crippen LogP contribution in [0.4, 0.5) is 5.82 Å². The zero-order valence-electron chi connectivity index (χ0n) is 11.2. The van der Waals surface area contributed by atoms with Gasteiger partial charge in [0.25, 0.3) is 0 Å². The molecule has 0 amide bonds. The number of aromatic nitrogens is 1. The summed E-state index contributed by atoms with van der Waals surface area (Å²) in [6.45, 7) is 3.50. The van der Waals surface area contributed by atoms with Crippen molar-refractivity contribution in [2.24, 2.45) is 5.73 Å². The van der Waals surface area contributed by atoms with Gasteiger partial charge in [0.2, 0.25) is 0 Å². The second-order valence-corrected chi connectivity index (χ2v) is 4.95. The van der Waals surface area contributed by atoms with Crippen LogP contribution in [0.25, 0.3) is 0 Å². The lowest BCUT2D eigenvalue weighted by molar-refractivity contribution is 0.679. The van der Waals surface area contributed by atoms with Crippen LogP contribution >= 0.6 is 0 Å². The van der Waals surface area contributed by atoms with E-state index in [0.29, 0.717) is 6.54 Å². The van der Waals surface area contributed by atoms with E-state index in [4.69, 9.17) is 5.73 Å². The first kappa shape index (κ1) is 13.1. The van der Waals surface area contributed by atoms with Crippen molar-refractivity contribution in [1.29, 1.82) is 0 Å². The minimum absolute atomic E-state index is 0.540. The van der Waals surface area contributed by atoms with Gasteiger partial charge >= 0.3 is 0 Å². The number of nitrogens with one attached hydrogen (secondary N) is 1. The SMILES string of the molecule is Cc1ccc(CN)c(NCCC2=CCCCC2)n1. The van der Waals surface area contributed by atoms with Crippen LogP contribution in [0, 0.1) is 6.92 Å². The normalized spacial score (nSPS) is 15.3. The number of allylic oxidation sites excluding steroid dienone is 1. The Morgan fingerprint density at radius 1 is 1.33 bits per heavy atom. The summed E-state index contributed by atoms with van der Waals surface area (Å²) < 4.78 is 0. The number of pyridine rings is 1. The Labute approximate surface area is 109 Å². The minimum atomic E-state index is 0.540. The van der Waals surface area contributed by atoms with E-state index in [1.54, 1.807) is 5.57 Å². The largest absolute Gasteiger partial charge is 0.369 e. The maximum atomic E-state index is 5.72. The molecule has 98 valence electrons. The topological polar surface area (TPSA) is 50.9 Å². The van der Waals surface area contributed by atoms with Crippen molar-refractivity contribution in [3.63, 3.8) is 0 Å². The first-order valence-corrected chi connectivity index (χ1v) is 6.88. The van der Waals surface area contributed by atoms with Crippen molar-refractivity contribution in [3.8, 4) is 0 Å². The van der Waals surface area contributed by atoms with Crippen LogP contribution in [0.5, 0.6) is 0 Å². The third-order valence-corrected chi connectivity index (χ3v) is 3.46. The summed E-state index contributed by atoms with van der Waals surface area (Å²) >= 11 is 0. The van der Waals surface area contributed by atoms with Gasteiger partial charge in [0.05, 0.1) is 0 Å². The summed E-state index contributed by atoms with van der Waals surface area (Å²) in [5, 5.41) is 3.42. The van der Waals surface area contributed by atoms with E-state index in [0.717, 1.165) is 30.0 Å². The first-order chi connectivity index (χ1) is 8.79. The van der Waals surface area contributed by atoms with Crippen LogP contribution in [0.1, 0.15) is 43.4 Å². The monoisotopic (exact) mass is 245 g/mol. The van der Waals surface area contributed by atoms with E-state index in [1.807, 2.05) is 13.0 Å². The summed E-state index contributed by atoms with van der Waals surface area (Å²) in [7, 11) is 0. The molecular weight excluding hydrogens is 222 g/mol. The van der Waals surface area contributed by atoms with Gasteiger partial charge in [0.1, 0.15) is 5.82 Å². The molecule has 3 heteroatoms. The summed E-state index contributed by atoms with van der Waals surface area (Å²) in [5.74, 6) is 0.953. The molecule has 1 aromatic heterocycles. The molecule has 0 aliphatic heterocycles. The number of hydrogen-bond acceptors (Lipinski definition) is 3. The molecule has 3 N–H and O–H groups in total. The molecule has 0 saturated carbocycles. The Morgan fingerprint density at radius 3 is 2.94 bits per heavy atom. The zero-order valence-corrected chi connectivity index (χ0v) is 11.2. The van der Waals surface area contributed by atoms with Crippen LogP contribution in [0.2, 0.25) is 0 Å². The number of aryl methyl sites for hydroxylation is 1. The fourth-order valence-electron chi connectivity index (χ4n) is 2.38. The van der Waals surface area contributed by atoms with Gasteiger partial charge in [0, 0.05) is 24.3 Å². The molecule has 0 aromatic carbocycles. The second kappa shape index (κ2) is 6.55. The molecule has 0 bridgehead atoms. The third-order valence-electron chi connectivity index (χ3n) is 3.46. The molecule has 0 unspecified atom stereocenters. The van der Waals surface area contributed by atoms with Crippen molar-refractivity contribution in [3.05, 3.63) is 35.0 Å². The van der Waals surface area contributed by atoms with Crippen molar-refractivity contribution in [2.45, 2.75) is 45.6 Å². The number of rotatable bonds is 5. The Hall–Kier alpha value is -1.35. The average Bonchev–Trinajstić information content (AvgIpc) is 2.40. The second-order valence-electron chi connectivity index (χ2n) is 4.95. The highest BCUT2D eigenvalue weighted by Gasteiger charge is 2.05. The predicted octanol–water partition coefficient (Wildman–Crippen LogP) is 3.15. The fraction of sp³-hybridized carbons (Fsp3) is 0.533. The van der Waals surface area contributed by atoms with E-state index >= 15 is 0 Å². The van der Waals surface area contributed by atoms with Gasteiger partial charge < -0.3 is 11.1 Å². The highest BCUT2D eigenvalue weighted by Crippen LogP contribution is 2.20.